The molecule has 530 valence electrons. The Labute approximate surface area is 580 Å². The van der Waals surface area contributed by atoms with Crippen LogP contribution < -0.4 is 5.73 Å². The highest BCUT2D eigenvalue weighted by Crippen LogP contribution is 2.29. The first-order valence-corrected chi connectivity index (χ1v) is 30.8. The van der Waals surface area contributed by atoms with E-state index in [9.17, 15) is 34.6 Å². The van der Waals surface area contributed by atoms with Gasteiger partial charge in [-0.2, -0.15) is 38.4 Å². The number of hydrogen-bond acceptors (Lipinski definition) is 22. The normalized spacial score (nSPS) is 11.6. The van der Waals surface area contributed by atoms with Crippen LogP contribution in [0.3, 0.4) is 0 Å². The van der Waals surface area contributed by atoms with E-state index in [0.29, 0.717) is 30.0 Å². The van der Waals surface area contributed by atoms with Crippen LogP contribution >= 0.6 is 15.9 Å². The SMILES string of the molecule is C#CCO.CC(C)(C)OC(=O)N1CCC(=O)C1.CCc1cc(Br)cc([N+](=O)[O-])c1C.CCc1cc(C#CCO)cc(CC2CCN(C(=O)OC(C)(C)C)C2)c1C.CCc1cc(C#CCO)cc(N)c1C.CCc1cc(C#CCO)cc([N+](=O)[O-])c1C.O=C=O.O=C=O.O=C=O.O=C=O. The Morgan fingerprint density at radius 3 is 1.28 bits per heavy atom. The number of halogens is 1. The molecule has 4 aromatic carbocycles. The summed E-state index contributed by atoms with van der Waals surface area (Å²) in [5.41, 5.74) is 18.0. The Kier molecular flexibility index (Phi) is 50.9. The second kappa shape index (κ2) is 53.0. The molecule has 0 aliphatic carbocycles. The summed E-state index contributed by atoms with van der Waals surface area (Å²) in [6.45, 7) is 28.5. The molecule has 2 amide bonds. The maximum atomic E-state index is 12.3. The zero-order valence-electron chi connectivity index (χ0n) is 57.9. The van der Waals surface area contributed by atoms with Gasteiger partial charge in [0.15, 0.2) is 5.78 Å². The Morgan fingerprint density at radius 1 is 0.571 bits per heavy atom. The van der Waals surface area contributed by atoms with Crippen molar-refractivity contribution in [2.24, 2.45) is 5.92 Å². The van der Waals surface area contributed by atoms with E-state index in [2.05, 4.69) is 90.8 Å². The summed E-state index contributed by atoms with van der Waals surface area (Å²) in [5.74, 6) is 18.9. The van der Waals surface area contributed by atoms with E-state index in [1.54, 1.807) is 13.8 Å². The molecule has 4 aromatic rings. The molecule has 27 heteroatoms. The number of aliphatic hydroxyl groups excluding tert-OH is 4. The van der Waals surface area contributed by atoms with Crippen LogP contribution in [0.4, 0.5) is 26.7 Å². The zero-order chi connectivity index (χ0) is 76.3. The van der Waals surface area contributed by atoms with Crippen molar-refractivity contribution < 1.29 is 92.5 Å². The Bertz CT molecular complexity index is 3570. The number of ether oxygens (including phenoxy) is 2. The van der Waals surface area contributed by atoms with E-state index < -0.39 is 22.2 Å². The summed E-state index contributed by atoms with van der Waals surface area (Å²) in [5, 5.41) is 55.2. The second-order valence-electron chi connectivity index (χ2n) is 22.2. The minimum absolute atomic E-state index is 0.0848. The van der Waals surface area contributed by atoms with Gasteiger partial charge in [-0.15, -0.1) is 6.42 Å². The summed E-state index contributed by atoms with van der Waals surface area (Å²) in [6.07, 6.45) is 10.8. The molecular formula is C71H88BrN5O21. The molecule has 0 bridgehead atoms. The van der Waals surface area contributed by atoms with Gasteiger partial charge in [-0.3, -0.25) is 25.0 Å². The number of terminal acetylenes is 1. The molecule has 6 N–H and O–H groups in total. The van der Waals surface area contributed by atoms with Crippen molar-refractivity contribution in [3.63, 3.8) is 0 Å². The van der Waals surface area contributed by atoms with E-state index in [-0.39, 0.29) is 85.8 Å². The summed E-state index contributed by atoms with van der Waals surface area (Å²) >= 11 is 3.25. The van der Waals surface area contributed by atoms with Crippen LogP contribution in [-0.2, 0) is 84.7 Å². The van der Waals surface area contributed by atoms with Gasteiger partial charge in [-0.05, 0) is 189 Å². The number of benzene rings is 4. The van der Waals surface area contributed by atoms with E-state index >= 15 is 0 Å². The van der Waals surface area contributed by atoms with Gasteiger partial charge in [0.25, 0.3) is 11.4 Å². The number of nitrogens with zero attached hydrogens (tertiary/aromatic N) is 4. The van der Waals surface area contributed by atoms with E-state index in [1.807, 2.05) is 97.4 Å². The van der Waals surface area contributed by atoms with Crippen molar-refractivity contribution in [3.8, 4) is 47.9 Å². The highest BCUT2D eigenvalue weighted by Gasteiger charge is 2.31. The van der Waals surface area contributed by atoms with Crippen molar-refractivity contribution in [3.05, 3.63) is 140 Å². The van der Waals surface area contributed by atoms with Crippen molar-refractivity contribution >= 4 is 75.6 Å². The highest BCUT2D eigenvalue weighted by atomic mass is 79.9. The zero-order valence-corrected chi connectivity index (χ0v) is 59.4. The lowest BCUT2D eigenvalue weighted by atomic mass is 9.90. The van der Waals surface area contributed by atoms with Gasteiger partial charge in [0.05, 0.1) is 16.4 Å². The van der Waals surface area contributed by atoms with Crippen molar-refractivity contribution in [1.82, 2.24) is 9.80 Å². The number of rotatable bonds is 8. The first kappa shape index (κ1) is 94.2. The van der Waals surface area contributed by atoms with Gasteiger partial charge in [-0.25, -0.2) is 9.59 Å². The summed E-state index contributed by atoms with van der Waals surface area (Å²) in [6, 6.07) is 14.8. The van der Waals surface area contributed by atoms with E-state index in [4.69, 9.17) is 74.0 Å². The number of aryl methyl sites for hydroxylation is 4. The third-order valence-corrected chi connectivity index (χ3v) is 13.6. The number of amides is 2. The molecule has 2 fully saturated rings. The lowest BCUT2D eigenvalue weighted by Gasteiger charge is -2.24. The second-order valence-corrected chi connectivity index (χ2v) is 23.2. The number of carbonyl (C=O) groups is 3. The van der Waals surface area contributed by atoms with Crippen LogP contribution in [-0.4, -0.2) is 146 Å². The number of ketones is 1. The number of carbonyl (C=O) groups excluding carboxylic acids is 11. The topological polar surface area (TPSA) is 406 Å². The van der Waals surface area contributed by atoms with Gasteiger partial charge in [0, 0.05) is 76.2 Å². The molecule has 1 atom stereocenters. The lowest BCUT2D eigenvalue weighted by molar-refractivity contribution is -0.385. The molecule has 2 aliphatic rings. The molecule has 98 heavy (non-hydrogen) atoms. The largest absolute Gasteiger partial charge is 0.444 e. The molecule has 6 rings (SSSR count). The van der Waals surface area contributed by atoms with Gasteiger partial charge in [0.1, 0.15) is 37.6 Å². The number of nitrogen functional groups attached to an aromatic ring is 1. The molecule has 0 radical (unpaired) electrons. The third kappa shape index (κ3) is 40.9. The van der Waals surface area contributed by atoms with Crippen LogP contribution in [0, 0.1) is 102 Å². The molecule has 2 saturated heterocycles. The summed E-state index contributed by atoms with van der Waals surface area (Å²) in [7, 11) is 0. The van der Waals surface area contributed by atoms with E-state index in [0.717, 1.165) is 95.2 Å². The fraction of sp³-hybridized carbons (Fsp3) is 0.451. The first-order valence-electron chi connectivity index (χ1n) is 30.0. The first-order chi connectivity index (χ1) is 46.0. The average Bonchev–Trinajstić information content (AvgIpc) is 1.12. The average molecular weight is 1430 g/mol. The van der Waals surface area contributed by atoms with Crippen molar-refractivity contribution in [2.75, 3.05) is 58.3 Å². The third-order valence-electron chi connectivity index (χ3n) is 13.2. The van der Waals surface area contributed by atoms with Crippen LogP contribution in [0.15, 0.2) is 53.0 Å². The number of Topliss-reactive ketones (excluding diaryl/α,β-unsaturated/α-hetero) is 1. The summed E-state index contributed by atoms with van der Waals surface area (Å²) in [4.78, 5) is 123. The van der Waals surface area contributed by atoms with Crippen LogP contribution in [0.25, 0.3) is 0 Å². The number of nitrogens with two attached hydrogens (primary N) is 1. The Morgan fingerprint density at radius 2 is 0.918 bits per heavy atom. The molecule has 26 nitrogen and oxygen atoms in total. The van der Waals surface area contributed by atoms with Gasteiger partial charge < -0.3 is 45.4 Å². The minimum Gasteiger partial charge on any atom is -0.444 e. The monoisotopic (exact) mass is 1430 g/mol. The van der Waals surface area contributed by atoms with Crippen LogP contribution in [0.2, 0.25) is 0 Å². The number of aliphatic hydroxyl groups is 4. The van der Waals surface area contributed by atoms with Crippen molar-refractivity contribution in [1.29, 1.82) is 0 Å². The fourth-order valence-corrected chi connectivity index (χ4v) is 9.23. The molecule has 2 aliphatic heterocycles. The van der Waals surface area contributed by atoms with E-state index in [1.165, 1.54) is 39.3 Å². The van der Waals surface area contributed by atoms with Crippen LogP contribution in [0.1, 0.15) is 149 Å². The summed E-state index contributed by atoms with van der Waals surface area (Å²) < 4.78 is 11.4. The lowest BCUT2D eigenvalue weighted by Crippen LogP contribution is -2.35. The Hall–Kier alpha value is -10.2. The number of likely N-dealkylation sites (tertiary alicyclic amines) is 2. The number of nitro benzene ring substituents is 2. The predicted molar refractivity (Wildman–Crippen MR) is 363 cm³/mol. The van der Waals surface area contributed by atoms with Gasteiger partial charge in [-0.1, -0.05) is 85.1 Å². The maximum absolute atomic E-state index is 12.3. The number of anilines is 1. The number of nitro groups is 2. The van der Waals surface area contributed by atoms with Gasteiger partial charge >= 0.3 is 36.8 Å². The van der Waals surface area contributed by atoms with Crippen LogP contribution in [0.5, 0.6) is 0 Å². The molecule has 0 spiro atoms. The molecule has 0 saturated carbocycles. The smallest absolute Gasteiger partial charge is 0.410 e. The molecule has 2 heterocycles. The Balaban J connectivity index is -0.000000545. The number of hydrogen-bond donors (Lipinski definition) is 5. The highest BCUT2D eigenvalue weighted by molar-refractivity contribution is 9.10. The van der Waals surface area contributed by atoms with Gasteiger partial charge in [0.2, 0.25) is 0 Å². The molecular weight excluding hydrogens is 1340 g/mol. The molecule has 1 unspecified atom stereocenters. The standard InChI is InChI=1S/C22H31NO3.C12H13NO3.C12H15NO.C9H10BrNO2.C9H15NO3.C3H4O.4CO2/c1-6-19-12-17(8-7-11-24)13-20(16(19)2)14-18-9-10-23(15-18)21(25)26-22(3,4)5;1-3-11-7-10(5-4-6-14)8-12(9(11)2)13(15)16;1-3-11-7-10(5-4-6-14)8-12(13)9(11)2;1-3-7-4-8(10)5-9(6(7)2)11(12)13;1-9(2,3)13-8(12)10-5-4-7(11)6-10;1-2-3-4;4*2-1-3/h12-13,18,24H,6,9-11,14-15H2,1-5H3;7-8,14H,3,6H2,1-2H3;7-8,14H,3,6,13H2,1-2H3;4-5H,3H2,1-2H3;4-6H2,1-3H3;1,4H,3H2;;;;. The quantitative estimate of drug-likeness (QED) is 0.0476. The molecule has 0 aromatic heterocycles. The predicted octanol–water partition coefficient (Wildman–Crippen LogP) is 8.70. The minimum atomic E-state index is -0.483. The maximum Gasteiger partial charge on any atom is 0.410 e. The fourth-order valence-electron chi connectivity index (χ4n) is 8.73. The van der Waals surface area contributed by atoms with Crippen molar-refractivity contribution in [2.45, 2.75) is 153 Å².